The highest BCUT2D eigenvalue weighted by atomic mass is 16.7. The first-order chi connectivity index (χ1) is 32.7. The van der Waals surface area contributed by atoms with Crippen LogP contribution in [0.15, 0.2) is 60.0 Å². The monoisotopic (exact) mass is 949 g/mol. The number of H-pyrrole nitrogens is 1. The zero-order valence-corrected chi connectivity index (χ0v) is 41.1. The molecule has 3 spiro atoms. The fourth-order valence-electron chi connectivity index (χ4n) is 22.1. The second kappa shape index (κ2) is 13.7. The number of carbonyl (C=O) groups excluding carboxylic acids is 1. The van der Waals surface area contributed by atoms with Gasteiger partial charge in [-0.05, 0) is 145 Å². The summed E-state index contributed by atoms with van der Waals surface area (Å²) in [6.07, 6.45) is 19.6. The van der Waals surface area contributed by atoms with E-state index in [4.69, 9.17) is 14.2 Å². The highest BCUT2D eigenvalue weighted by Crippen LogP contribution is 2.96. The number of allylic oxidation sites excluding steroid dienone is 5. The maximum Gasteiger partial charge on any atom is 0.335 e. The molecule has 1 amide bonds. The van der Waals surface area contributed by atoms with Gasteiger partial charge in [-0.25, -0.2) is 4.79 Å². The van der Waals surface area contributed by atoms with Crippen LogP contribution < -0.4 is 5.32 Å². The molecule has 0 aromatic carbocycles. The van der Waals surface area contributed by atoms with Gasteiger partial charge in [0.15, 0.2) is 12.4 Å². The lowest BCUT2D eigenvalue weighted by atomic mass is 9.12. The third kappa shape index (κ3) is 4.45. The molecule has 13 rings (SSSR count). The minimum absolute atomic E-state index is 0.0372. The van der Waals surface area contributed by atoms with Gasteiger partial charge in [0, 0.05) is 47.7 Å². The molecule has 69 heavy (non-hydrogen) atoms. The van der Waals surface area contributed by atoms with Crippen molar-refractivity contribution in [3.63, 3.8) is 0 Å². The molecule has 20 atom stereocenters. The van der Waals surface area contributed by atoms with Crippen molar-refractivity contribution in [3.8, 4) is 0 Å². The van der Waals surface area contributed by atoms with Crippen LogP contribution in [-0.4, -0.2) is 105 Å². The van der Waals surface area contributed by atoms with Gasteiger partial charge < -0.3 is 50.0 Å². The van der Waals surface area contributed by atoms with Crippen molar-refractivity contribution in [2.75, 3.05) is 13.7 Å². The summed E-state index contributed by atoms with van der Waals surface area (Å²) < 4.78 is 18.9. The molecular formula is C56H72N2O11. The van der Waals surface area contributed by atoms with Crippen molar-refractivity contribution in [2.45, 2.75) is 161 Å². The maximum absolute atomic E-state index is 16.3. The van der Waals surface area contributed by atoms with Gasteiger partial charge in [0.25, 0.3) is 0 Å². The number of nitrogens with one attached hydrogen (secondary N) is 2. The number of aromatic nitrogens is 1. The number of aryl methyl sites for hydroxylation is 2. The lowest BCUT2D eigenvalue weighted by molar-refractivity contribution is -0.381. The zero-order chi connectivity index (χ0) is 48.5. The molecule has 13 heteroatoms. The van der Waals surface area contributed by atoms with E-state index in [1.807, 2.05) is 0 Å². The van der Waals surface area contributed by atoms with Crippen LogP contribution in [0.5, 0.6) is 0 Å². The van der Waals surface area contributed by atoms with E-state index in [-0.39, 0.29) is 29.6 Å². The van der Waals surface area contributed by atoms with Crippen molar-refractivity contribution < 1.29 is 54.1 Å². The maximum atomic E-state index is 16.3. The molecule has 0 unspecified atom stereocenters. The van der Waals surface area contributed by atoms with E-state index >= 15 is 4.79 Å². The van der Waals surface area contributed by atoms with Crippen molar-refractivity contribution >= 4 is 17.8 Å². The third-order valence-corrected chi connectivity index (χ3v) is 24.1. The second-order valence-corrected chi connectivity index (χ2v) is 25.6. The molecule has 2 saturated heterocycles. The van der Waals surface area contributed by atoms with E-state index in [1.54, 1.807) is 7.11 Å². The van der Waals surface area contributed by atoms with Crippen LogP contribution in [0.3, 0.4) is 0 Å². The quantitative estimate of drug-likeness (QED) is 0.101. The van der Waals surface area contributed by atoms with Gasteiger partial charge in [-0.2, -0.15) is 0 Å². The number of amides is 1. The normalized spacial score (nSPS) is 53.6. The smallest absolute Gasteiger partial charge is 0.335 e. The van der Waals surface area contributed by atoms with Crippen LogP contribution in [0.2, 0.25) is 0 Å². The standard InChI is InChI=1S/C56H72N2O11/c1-7-29-26-57-27-30(29)9-18-55-35-21-31-12-17-51-24-33-11-16-50(55,25-37(47(35,2)3)68-43-40(61)38(59)39(60)41(69-43)42(62)63)15-10-32-22-36-53-14-8-13-48(4,44(53)58-45(51)64)23-34(28-67-6)52(53,46(65)66)19-20-54(36,51)49(31,5)56(32,33)55/h8,11,14,16,22,24,26-27,31-32,34-35,37-41,43-44,57,59-61H,7,9-10,12-13,15,17-21,23,25,28H2,1-6H3,(H,58,64)(H,62,63)(H,65,66)/t31-,32-,34+,35+,37+,38+,39+,40-,41+,43-,44-,48+,49+,50+,51+,52+,53-,54+,55-,56-/m1/s1. The van der Waals surface area contributed by atoms with E-state index in [1.165, 1.54) is 22.3 Å². The number of carboxylic acids is 2. The topological polar surface area (TPSA) is 208 Å². The number of hydrogen-bond donors (Lipinski definition) is 7. The van der Waals surface area contributed by atoms with Crippen molar-refractivity contribution in [3.05, 3.63) is 71.1 Å². The van der Waals surface area contributed by atoms with E-state index in [0.29, 0.717) is 38.7 Å². The SMILES string of the molecule is CCc1c[nH]cc1CC[C@@]12[C@H]3C[C@H]4CC[C@@]56C=C7C=C[C@@]1(CC[C@@H]1C=C8[C@@]5(CC[C@@]5(C(=O)O)[C@H](COC)C[C@]9(C)CC=C[C@]85[C@@H]9NC6=O)[C@@]4(C)[C@]712)C[C@H](O[C@@H]1O[C@H](C(=O)O)[C@@H](O)[C@H](O)[C@H]1O)C3(C)C. The summed E-state index contributed by atoms with van der Waals surface area (Å²) in [5.74, 6) is -2.18. The van der Waals surface area contributed by atoms with E-state index in [0.717, 1.165) is 51.4 Å². The number of aromatic amines is 1. The van der Waals surface area contributed by atoms with Crippen LogP contribution in [-0.2, 0) is 41.4 Å². The minimum atomic E-state index is -1.83. The first-order valence-electron chi connectivity index (χ1n) is 26.3. The number of aliphatic carboxylic acids is 2. The summed E-state index contributed by atoms with van der Waals surface area (Å²) in [6, 6.07) is -0.402. The van der Waals surface area contributed by atoms with Crippen LogP contribution in [0, 0.1) is 77.8 Å². The average Bonchev–Trinajstić information content (AvgIpc) is 3.74. The van der Waals surface area contributed by atoms with Gasteiger partial charge in [-0.3, -0.25) is 9.59 Å². The molecule has 6 saturated carbocycles. The molecule has 1 aromatic rings. The Labute approximate surface area is 404 Å². The van der Waals surface area contributed by atoms with Gasteiger partial charge in [0.05, 0.1) is 23.5 Å². The Morgan fingerprint density at radius 1 is 0.942 bits per heavy atom. The number of rotatable bonds is 10. The Balaban J connectivity index is 1.08. The number of carbonyl (C=O) groups is 3. The van der Waals surface area contributed by atoms with Gasteiger partial charge in [-0.15, -0.1) is 0 Å². The lowest BCUT2D eigenvalue weighted by Gasteiger charge is -2.90. The number of aliphatic hydroxyl groups excluding tert-OH is 3. The molecule has 372 valence electrons. The molecule has 12 aliphatic rings. The van der Waals surface area contributed by atoms with Gasteiger partial charge in [-0.1, -0.05) is 76.6 Å². The highest BCUT2D eigenvalue weighted by molar-refractivity contribution is 5.92. The third-order valence-electron chi connectivity index (χ3n) is 24.1. The Bertz CT molecular complexity index is 2600. The predicted molar refractivity (Wildman–Crippen MR) is 251 cm³/mol. The van der Waals surface area contributed by atoms with Crippen molar-refractivity contribution in [1.29, 1.82) is 0 Å². The fourth-order valence-corrected chi connectivity index (χ4v) is 22.1. The molecule has 10 aliphatic carbocycles. The summed E-state index contributed by atoms with van der Waals surface area (Å²) in [5.41, 5.74) is -1.37. The molecule has 13 nitrogen and oxygen atoms in total. The first-order valence-corrected chi connectivity index (χ1v) is 26.3. The minimum Gasteiger partial charge on any atom is -0.481 e. The summed E-state index contributed by atoms with van der Waals surface area (Å²) in [6.45, 7) is 12.0. The van der Waals surface area contributed by atoms with E-state index in [2.05, 4.69) is 93.8 Å². The van der Waals surface area contributed by atoms with Crippen LogP contribution in [0.25, 0.3) is 0 Å². The molecular weight excluding hydrogens is 877 g/mol. The first kappa shape index (κ1) is 45.3. The van der Waals surface area contributed by atoms with Crippen LogP contribution in [0.1, 0.15) is 116 Å². The summed E-state index contributed by atoms with van der Waals surface area (Å²) in [4.78, 5) is 46.9. The molecule has 1 aromatic heterocycles. The van der Waals surface area contributed by atoms with Gasteiger partial charge in [0.2, 0.25) is 5.91 Å². The highest BCUT2D eigenvalue weighted by Gasteiger charge is 2.93. The number of aliphatic hydroxyl groups is 3. The van der Waals surface area contributed by atoms with Gasteiger partial charge >= 0.3 is 11.9 Å². The number of carboxylic acid groups (broad SMARTS) is 2. The van der Waals surface area contributed by atoms with Crippen LogP contribution >= 0.6 is 0 Å². The summed E-state index contributed by atoms with van der Waals surface area (Å²) in [5, 5.41) is 59.2. The summed E-state index contributed by atoms with van der Waals surface area (Å²) >= 11 is 0. The van der Waals surface area contributed by atoms with Crippen molar-refractivity contribution in [2.24, 2.45) is 77.8 Å². The number of hydrogen-bond acceptors (Lipinski definition) is 9. The molecule has 3 heterocycles. The molecule has 7 bridgehead atoms. The van der Waals surface area contributed by atoms with Crippen LogP contribution in [0.4, 0.5) is 0 Å². The van der Waals surface area contributed by atoms with E-state index in [9.17, 15) is 35.1 Å². The van der Waals surface area contributed by atoms with E-state index < -0.39 is 109 Å². The average molecular weight is 949 g/mol. The fraction of sp³-hybridized carbons (Fsp3) is 0.732. The zero-order valence-electron chi connectivity index (χ0n) is 41.1. The van der Waals surface area contributed by atoms with Gasteiger partial charge in [0.1, 0.15) is 18.3 Å². The molecule has 7 N–H and O–H groups in total. The second-order valence-electron chi connectivity index (χ2n) is 25.6. The van der Waals surface area contributed by atoms with Crippen molar-refractivity contribution in [1.82, 2.24) is 10.3 Å². The Morgan fingerprint density at radius 2 is 1.72 bits per heavy atom. The number of methoxy groups -OCH3 is 1. The number of ether oxygens (including phenoxy) is 3. The lowest BCUT2D eigenvalue weighted by Crippen LogP contribution is -2.86. The molecule has 2 aliphatic heterocycles. The largest absolute Gasteiger partial charge is 0.481 e. The predicted octanol–water partition coefficient (Wildman–Crippen LogP) is 6.43. The Hall–Kier alpha value is -3.59. The molecule has 0 radical (unpaired) electrons. The Morgan fingerprint density at radius 3 is 2.46 bits per heavy atom. The summed E-state index contributed by atoms with van der Waals surface area (Å²) in [7, 11) is 1.70. The molecule has 8 fully saturated rings. The Kier molecular flexibility index (Phi) is 9.00.